The molecular weight excluding hydrogens is 270 g/mol. The lowest BCUT2D eigenvalue weighted by atomic mass is 9.91. The summed E-state index contributed by atoms with van der Waals surface area (Å²) >= 11 is 0. The molecule has 2 rings (SSSR count). The maximum atomic E-state index is 12.0. The van der Waals surface area contributed by atoms with Crippen LogP contribution in [0, 0.1) is 0 Å². The number of aliphatic hydroxyl groups is 1. The molecule has 0 heterocycles. The average molecular weight is 285 g/mol. The second kappa shape index (κ2) is 5.28. The fraction of sp³-hybridized carbons (Fsp3) is 0.417. The number of carbonyl (C=O) groups is 1. The molecule has 2 N–H and O–H groups in total. The van der Waals surface area contributed by atoms with Crippen LogP contribution in [-0.4, -0.2) is 38.7 Å². The Hall–Kier alpha value is -1.44. The van der Waals surface area contributed by atoms with Gasteiger partial charge in [0.25, 0.3) is 0 Å². The van der Waals surface area contributed by atoms with Crippen LogP contribution in [0.15, 0.2) is 29.2 Å². The van der Waals surface area contributed by atoms with Crippen molar-refractivity contribution in [2.24, 2.45) is 0 Å². The summed E-state index contributed by atoms with van der Waals surface area (Å²) in [7, 11) is -2.35. The summed E-state index contributed by atoms with van der Waals surface area (Å²) in [6.45, 7) is 0. The van der Waals surface area contributed by atoms with Gasteiger partial charge in [0.2, 0.25) is 10.0 Å². The molecule has 0 amide bonds. The summed E-state index contributed by atoms with van der Waals surface area (Å²) < 4.78 is 31.0. The lowest BCUT2D eigenvalue weighted by Gasteiger charge is -2.31. The predicted octanol–water partition coefficient (Wildman–Crippen LogP) is 0.275. The Kier molecular flexibility index (Phi) is 3.88. The Labute approximate surface area is 111 Å². The predicted molar refractivity (Wildman–Crippen MR) is 67.1 cm³/mol. The largest absolute Gasteiger partial charge is 0.465 e. The molecule has 0 spiro atoms. The Morgan fingerprint density at radius 1 is 1.32 bits per heavy atom. The minimum Gasteiger partial charge on any atom is -0.465 e. The van der Waals surface area contributed by atoms with E-state index in [9.17, 15) is 13.2 Å². The third-order valence-corrected chi connectivity index (χ3v) is 4.56. The van der Waals surface area contributed by atoms with Gasteiger partial charge in [-0.3, -0.25) is 0 Å². The molecule has 6 nitrogen and oxygen atoms in total. The summed E-state index contributed by atoms with van der Waals surface area (Å²) in [5, 5.41) is 9.12. The van der Waals surface area contributed by atoms with Crippen molar-refractivity contribution in [3.63, 3.8) is 0 Å². The molecule has 1 aliphatic carbocycles. The van der Waals surface area contributed by atoms with Gasteiger partial charge in [-0.1, -0.05) is 0 Å². The molecule has 0 saturated heterocycles. The molecule has 1 saturated carbocycles. The van der Waals surface area contributed by atoms with Crippen molar-refractivity contribution in [2.45, 2.75) is 29.9 Å². The van der Waals surface area contributed by atoms with E-state index >= 15 is 0 Å². The Morgan fingerprint density at radius 3 is 2.37 bits per heavy atom. The van der Waals surface area contributed by atoms with E-state index in [1.54, 1.807) is 0 Å². The average Bonchev–Trinajstić information content (AvgIpc) is 2.36. The van der Waals surface area contributed by atoms with E-state index in [-0.39, 0.29) is 10.9 Å². The third kappa shape index (κ3) is 3.12. The fourth-order valence-corrected chi connectivity index (χ4v) is 3.12. The minimum atomic E-state index is -3.61. The number of nitrogens with one attached hydrogen (secondary N) is 1. The van der Waals surface area contributed by atoms with Gasteiger partial charge in [0.15, 0.2) is 0 Å². The van der Waals surface area contributed by atoms with Crippen LogP contribution < -0.4 is 4.72 Å². The van der Waals surface area contributed by atoms with Gasteiger partial charge in [0, 0.05) is 6.04 Å². The van der Waals surface area contributed by atoms with Crippen LogP contribution in [-0.2, 0) is 14.8 Å². The van der Waals surface area contributed by atoms with E-state index < -0.39 is 22.1 Å². The van der Waals surface area contributed by atoms with Gasteiger partial charge in [-0.15, -0.1) is 0 Å². The molecule has 0 aromatic heterocycles. The van der Waals surface area contributed by atoms with Gasteiger partial charge >= 0.3 is 5.97 Å². The first-order valence-corrected chi connectivity index (χ1v) is 7.29. The van der Waals surface area contributed by atoms with E-state index in [1.807, 2.05) is 0 Å². The van der Waals surface area contributed by atoms with Crippen LogP contribution >= 0.6 is 0 Å². The van der Waals surface area contributed by atoms with E-state index in [4.69, 9.17) is 5.11 Å². The molecule has 1 aliphatic rings. The van der Waals surface area contributed by atoms with E-state index in [2.05, 4.69) is 9.46 Å². The smallest absolute Gasteiger partial charge is 0.337 e. The summed E-state index contributed by atoms with van der Waals surface area (Å²) in [5.74, 6) is -0.515. The number of rotatable bonds is 4. The van der Waals surface area contributed by atoms with Gasteiger partial charge in [-0.05, 0) is 37.1 Å². The molecule has 0 unspecified atom stereocenters. The molecule has 1 fully saturated rings. The number of carbonyl (C=O) groups excluding carboxylic acids is 1. The summed E-state index contributed by atoms with van der Waals surface area (Å²) in [4.78, 5) is 11.3. The molecule has 0 atom stereocenters. The first-order valence-electron chi connectivity index (χ1n) is 5.81. The second-order valence-corrected chi connectivity index (χ2v) is 6.17. The van der Waals surface area contributed by atoms with Gasteiger partial charge in [0.1, 0.15) is 0 Å². The number of methoxy groups -OCH3 is 1. The summed E-state index contributed by atoms with van der Waals surface area (Å²) in [6, 6.07) is 5.28. The zero-order valence-electron chi connectivity index (χ0n) is 10.4. The number of benzene rings is 1. The van der Waals surface area contributed by atoms with Crippen molar-refractivity contribution in [1.82, 2.24) is 4.72 Å². The molecule has 1 aromatic carbocycles. The van der Waals surface area contributed by atoms with Crippen LogP contribution in [0.3, 0.4) is 0 Å². The van der Waals surface area contributed by atoms with Gasteiger partial charge in [-0.25, -0.2) is 17.9 Å². The highest BCUT2D eigenvalue weighted by atomic mass is 32.2. The number of hydrogen-bond donors (Lipinski definition) is 2. The Morgan fingerprint density at radius 2 is 1.89 bits per heavy atom. The molecule has 0 aliphatic heterocycles. The first-order chi connectivity index (χ1) is 8.92. The summed E-state index contributed by atoms with van der Waals surface area (Å²) in [6.07, 6.45) is 0.438. The molecule has 19 heavy (non-hydrogen) atoms. The van der Waals surface area contributed by atoms with E-state index in [0.29, 0.717) is 18.4 Å². The van der Waals surface area contributed by atoms with Crippen molar-refractivity contribution in [1.29, 1.82) is 0 Å². The fourth-order valence-electron chi connectivity index (χ4n) is 1.86. The lowest BCUT2D eigenvalue weighted by molar-refractivity contribution is 0.0600. The number of esters is 1. The molecular formula is C12H15NO5S. The zero-order chi connectivity index (χ0) is 14.0. The number of hydrogen-bond acceptors (Lipinski definition) is 5. The van der Waals surface area contributed by atoms with Crippen molar-refractivity contribution in [2.75, 3.05) is 7.11 Å². The minimum absolute atomic E-state index is 0.0848. The first kappa shape index (κ1) is 14.0. The Balaban J connectivity index is 2.10. The van der Waals surface area contributed by atoms with Crippen molar-refractivity contribution in [3.8, 4) is 0 Å². The zero-order valence-corrected chi connectivity index (χ0v) is 11.2. The number of ether oxygens (including phenoxy) is 1. The molecule has 0 bridgehead atoms. The number of aliphatic hydroxyl groups excluding tert-OH is 1. The van der Waals surface area contributed by atoms with Gasteiger partial charge in [-0.2, -0.15) is 0 Å². The molecule has 0 radical (unpaired) electrons. The number of sulfonamides is 1. The van der Waals surface area contributed by atoms with Gasteiger partial charge < -0.3 is 9.84 Å². The van der Waals surface area contributed by atoms with Crippen LogP contribution in [0.5, 0.6) is 0 Å². The maximum Gasteiger partial charge on any atom is 0.337 e. The maximum absolute atomic E-state index is 12.0. The normalized spacial score (nSPS) is 22.6. The van der Waals surface area contributed by atoms with E-state index in [0.717, 1.165) is 0 Å². The monoisotopic (exact) mass is 285 g/mol. The second-order valence-electron chi connectivity index (χ2n) is 4.46. The SMILES string of the molecule is COC(=O)c1ccc(S(=O)(=O)NC2CC(O)C2)cc1. The van der Waals surface area contributed by atoms with Crippen LogP contribution in [0.2, 0.25) is 0 Å². The van der Waals surface area contributed by atoms with Crippen LogP contribution in [0.1, 0.15) is 23.2 Å². The highest BCUT2D eigenvalue weighted by molar-refractivity contribution is 7.89. The third-order valence-electron chi connectivity index (χ3n) is 3.02. The topological polar surface area (TPSA) is 92.7 Å². The highest BCUT2D eigenvalue weighted by Gasteiger charge is 2.31. The lowest BCUT2D eigenvalue weighted by Crippen LogP contribution is -2.46. The van der Waals surface area contributed by atoms with E-state index in [1.165, 1.54) is 31.4 Å². The molecule has 1 aromatic rings. The molecule has 7 heteroatoms. The Bertz CT molecular complexity index is 560. The van der Waals surface area contributed by atoms with Crippen LogP contribution in [0.4, 0.5) is 0 Å². The summed E-state index contributed by atoms with van der Waals surface area (Å²) in [5.41, 5.74) is 0.292. The van der Waals surface area contributed by atoms with Crippen molar-refractivity contribution < 1.29 is 23.1 Å². The quantitative estimate of drug-likeness (QED) is 0.775. The van der Waals surface area contributed by atoms with Crippen molar-refractivity contribution >= 4 is 16.0 Å². The van der Waals surface area contributed by atoms with Crippen LogP contribution in [0.25, 0.3) is 0 Å². The standard InChI is InChI=1S/C12H15NO5S/c1-18-12(15)8-2-4-11(5-3-8)19(16,17)13-9-6-10(14)7-9/h2-5,9-10,13-14H,6-7H2,1H3. The van der Waals surface area contributed by atoms with Gasteiger partial charge in [0.05, 0.1) is 23.7 Å². The highest BCUT2D eigenvalue weighted by Crippen LogP contribution is 2.22. The van der Waals surface area contributed by atoms with Crippen molar-refractivity contribution in [3.05, 3.63) is 29.8 Å². The molecule has 104 valence electrons.